The largest absolute Gasteiger partial charge is 0.434 e. The number of ether oxygens (including phenoxy) is 1. The quantitative estimate of drug-likeness (QED) is 0.753. The van der Waals surface area contributed by atoms with Crippen LogP contribution in [0.4, 0.5) is 8.78 Å². The highest BCUT2D eigenvalue weighted by Crippen LogP contribution is 2.27. The lowest BCUT2D eigenvalue weighted by atomic mass is 10.1. The summed E-state index contributed by atoms with van der Waals surface area (Å²) >= 11 is 6.13. The molecule has 1 rings (SSSR count). The van der Waals surface area contributed by atoms with Gasteiger partial charge in [-0.3, -0.25) is 4.79 Å². The average Bonchev–Trinajstić information content (AvgIpc) is 2.22. The summed E-state index contributed by atoms with van der Waals surface area (Å²) in [4.78, 5) is 11.2. The van der Waals surface area contributed by atoms with E-state index in [1.165, 1.54) is 6.07 Å². The van der Waals surface area contributed by atoms with Gasteiger partial charge in [-0.2, -0.15) is 8.78 Å². The van der Waals surface area contributed by atoms with Crippen LogP contribution in [0.3, 0.4) is 0 Å². The smallest absolute Gasteiger partial charge is 0.387 e. The highest BCUT2D eigenvalue weighted by molar-refractivity contribution is 9.10. The molecule has 0 aliphatic rings. The lowest BCUT2D eigenvalue weighted by molar-refractivity contribution is -0.115. The molecule has 88 valence electrons. The van der Waals surface area contributed by atoms with Gasteiger partial charge >= 0.3 is 6.61 Å². The number of carbonyl (C=O) groups is 1. The molecule has 0 saturated carbocycles. The number of hydrogen-bond donors (Lipinski definition) is 0. The van der Waals surface area contributed by atoms with Gasteiger partial charge in [0, 0.05) is 6.42 Å². The van der Waals surface area contributed by atoms with E-state index in [1.54, 1.807) is 12.1 Å². The van der Waals surface area contributed by atoms with Crippen molar-refractivity contribution in [2.45, 2.75) is 13.0 Å². The van der Waals surface area contributed by atoms with Gasteiger partial charge in [-0.25, -0.2) is 0 Å². The van der Waals surface area contributed by atoms with Gasteiger partial charge in [0.2, 0.25) is 0 Å². The Balaban J connectivity index is 2.84. The molecule has 1 aromatic carbocycles. The maximum absolute atomic E-state index is 12.0. The molecule has 16 heavy (non-hydrogen) atoms. The topological polar surface area (TPSA) is 26.3 Å². The maximum Gasteiger partial charge on any atom is 0.387 e. The molecule has 0 amide bonds. The average molecular weight is 358 g/mol. The van der Waals surface area contributed by atoms with Gasteiger partial charge in [-0.15, -0.1) is 0 Å². The molecule has 0 heterocycles. The summed E-state index contributed by atoms with van der Waals surface area (Å²) in [5.41, 5.74) is 0.642. The summed E-state index contributed by atoms with van der Waals surface area (Å²) in [6, 6.07) is 4.69. The van der Waals surface area contributed by atoms with Crippen molar-refractivity contribution in [3.63, 3.8) is 0 Å². The van der Waals surface area contributed by atoms with E-state index in [0.29, 0.717) is 10.0 Å². The molecule has 1 aromatic rings. The third-order valence-corrected chi connectivity index (χ3v) is 3.04. The second-order valence-corrected chi connectivity index (χ2v) is 4.41. The molecule has 0 aliphatic carbocycles. The van der Waals surface area contributed by atoms with Crippen molar-refractivity contribution < 1.29 is 18.3 Å². The molecule has 2 nitrogen and oxygen atoms in total. The molecule has 0 spiro atoms. The molecule has 0 unspecified atom stereocenters. The maximum atomic E-state index is 12.0. The van der Waals surface area contributed by atoms with Gasteiger partial charge in [0.1, 0.15) is 11.5 Å². The van der Waals surface area contributed by atoms with Crippen molar-refractivity contribution in [1.29, 1.82) is 0 Å². The lowest BCUT2D eigenvalue weighted by Gasteiger charge is -2.08. The zero-order valence-electron chi connectivity index (χ0n) is 8.05. The number of Topliss-reactive ketones (excluding diaryl/α,β-unsaturated/α-hetero) is 1. The lowest BCUT2D eigenvalue weighted by Crippen LogP contribution is -2.06. The molecule has 6 heteroatoms. The molecule has 0 aromatic heterocycles. The SMILES string of the molecule is O=C(CBr)Cc1ccc(Br)c(OC(F)F)c1. The molecular weight excluding hydrogens is 350 g/mol. The first-order valence-corrected chi connectivity index (χ1v) is 6.25. The third-order valence-electron chi connectivity index (χ3n) is 1.76. The highest BCUT2D eigenvalue weighted by atomic mass is 79.9. The summed E-state index contributed by atoms with van der Waals surface area (Å²) in [6.45, 7) is -2.88. The van der Waals surface area contributed by atoms with E-state index in [1.807, 2.05) is 0 Å². The second kappa shape index (κ2) is 6.30. The molecule has 0 atom stereocenters. The fourth-order valence-corrected chi connectivity index (χ4v) is 1.66. The van der Waals surface area contributed by atoms with E-state index in [2.05, 4.69) is 36.6 Å². The van der Waals surface area contributed by atoms with Crippen molar-refractivity contribution in [2.75, 3.05) is 5.33 Å². The van der Waals surface area contributed by atoms with Crippen molar-refractivity contribution in [3.8, 4) is 5.75 Å². The van der Waals surface area contributed by atoms with Crippen LogP contribution < -0.4 is 4.74 Å². The third kappa shape index (κ3) is 4.17. The van der Waals surface area contributed by atoms with Crippen LogP contribution in [0, 0.1) is 0 Å². The van der Waals surface area contributed by atoms with Gasteiger partial charge < -0.3 is 4.74 Å². The van der Waals surface area contributed by atoms with Crippen molar-refractivity contribution in [3.05, 3.63) is 28.2 Å². The van der Waals surface area contributed by atoms with Crippen LogP contribution in [0.5, 0.6) is 5.75 Å². The van der Waals surface area contributed by atoms with Crippen molar-refractivity contribution >= 4 is 37.6 Å². The molecule has 0 saturated heterocycles. The Morgan fingerprint density at radius 3 is 2.69 bits per heavy atom. The number of ketones is 1. The first-order valence-electron chi connectivity index (χ1n) is 4.34. The number of halogens is 4. The zero-order valence-corrected chi connectivity index (χ0v) is 11.2. The molecule has 0 bridgehead atoms. The Morgan fingerprint density at radius 1 is 1.44 bits per heavy atom. The van der Waals surface area contributed by atoms with Crippen LogP contribution in [-0.2, 0) is 11.2 Å². The van der Waals surface area contributed by atoms with Gasteiger partial charge in [-0.05, 0) is 33.6 Å². The van der Waals surface area contributed by atoms with Gasteiger partial charge in [-0.1, -0.05) is 22.0 Å². The number of benzene rings is 1. The van der Waals surface area contributed by atoms with E-state index >= 15 is 0 Å². The fraction of sp³-hybridized carbons (Fsp3) is 0.300. The first-order chi connectivity index (χ1) is 7.52. The standard InChI is InChI=1S/C10H8Br2F2O2/c11-5-7(15)3-6-1-2-8(12)9(4-6)16-10(13)14/h1-2,4,10H,3,5H2. The first kappa shape index (κ1) is 13.6. The van der Waals surface area contributed by atoms with Gasteiger partial charge in [0.25, 0.3) is 0 Å². The van der Waals surface area contributed by atoms with E-state index in [-0.39, 0.29) is 23.3 Å². The Labute approximate surface area is 108 Å². The summed E-state index contributed by atoms with van der Waals surface area (Å²) in [6.07, 6.45) is 0.193. The summed E-state index contributed by atoms with van der Waals surface area (Å²) in [7, 11) is 0. The van der Waals surface area contributed by atoms with Crippen LogP contribution in [0.1, 0.15) is 5.56 Å². The Hall–Kier alpha value is -0.490. The monoisotopic (exact) mass is 356 g/mol. The van der Waals surface area contributed by atoms with Crippen LogP contribution >= 0.6 is 31.9 Å². The number of rotatable bonds is 5. The molecular formula is C10H8Br2F2O2. The fourth-order valence-electron chi connectivity index (χ4n) is 1.12. The predicted octanol–water partition coefficient (Wildman–Crippen LogP) is 3.56. The number of hydrogen-bond acceptors (Lipinski definition) is 2. The Kier molecular flexibility index (Phi) is 5.34. The zero-order chi connectivity index (χ0) is 12.1. The van der Waals surface area contributed by atoms with E-state index in [9.17, 15) is 13.6 Å². The van der Waals surface area contributed by atoms with Crippen molar-refractivity contribution in [2.24, 2.45) is 0 Å². The van der Waals surface area contributed by atoms with Crippen LogP contribution in [0.25, 0.3) is 0 Å². The van der Waals surface area contributed by atoms with Crippen molar-refractivity contribution in [1.82, 2.24) is 0 Å². The highest BCUT2D eigenvalue weighted by Gasteiger charge is 2.10. The Morgan fingerprint density at radius 2 is 2.12 bits per heavy atom. The molecule has 0 radical (unpaired) electrons. The van der Waals surface area contributed by atoms with Crippen LogP contribution in [0.15, 0.2) is 22.7 Å². The number of alkyl halides is 3. The van der Waals surface area contributed by atoms with Gasteiger partial charge in [0.15, 0.2) is 0 Å². The minimum atomic E-state index is -2.88. The predicted molar refractivity (Wildman–Crippen MR) is 63.3 cm³/mol. The van der Waals surface area contributed by atoms with E-state index in [4.69, 9.17) is 0 Å². The van der Waals surface area contributed by atoms with E-state index < -0.39 is 6.61 Å². The Bertz CT molecular complexity index is 383. The summed E-state index contributed by atoms with van der Waals surface area (Å²) < 4.78 is 28.8. The normalized spacial score (nSPS) is 10.6. The minimum absolute atomic E-state index is 0.0229. The van der Waals surface area contributed by atoms with E-state index in [0.717, 1.165) is 0 Å². The second-order valence-electron chi connectivity index (χ2n) is 2.99. The van der Waals surface area contributed by atoms with Gasteiger partial charge in [0.05, 0.1) is 9.80 Å². The summed E-state index contributed by atoms with van der Waals surface area (Å²) in [5, 5.41) is 0.244. The molecule has 0 fully saturated rings. The molecule has 0 N–H and O–H groups in total. The van der Waals surface area contributed by atoms with Crippen LogP contribution in [-0.4, -0.2) is 17.7 Å². The molecule has 0 aliphatic heterocycles. The summed E-state index contributed by atoms with van der Waals surface area (Å²) in [5.74, 6) is 0.0141. The number of carbonyl (C=O) groups excluding carboxylic acids is 1. The minimum Gasteiger partial charge on any atom is -0.434 e. The van der Waals surface area contributed by atoms with Crippen LogP contribution in [0.2, 0.25) is 0 Å².